The lowest BCUT2D eigenvalue weighted by molar-refractivity contribution is 0.0724. The molecule has 2 N–H and O–H groups in total. The van der Waals surface area contributed by atoms with Gasteiger partial charge in [-0.15, -0.1) is 0 Å². The van der Waals surface area contributed by atoms with Gasteiger partial charge in [0.2, 0.25) is 0 Å². The van der Waals surface area contributed by atoms with E-state index in [2.05, 4.69) is 11.8 Å². The molecule has 0 saturated heterocycles. The van der Waals surface area contributed by atoms with Crippen LogP contribution < -0.4 is 0 Å². The van der Waals surface area contributed by atoms with Gasteiger partial charge in [-0.1, -0.05) is 30.1 Å². The van der Waals surface area contributed by atoms with E-state index in [1.807, 2.05) is 0 Å². The molecule has 2 rings (SSSR count). The van der Waals surface area contributed by atoms with Gasteiger partial charge in [-0.3, -0.25) is 4.90 Å². The second kappa shape index (κ2) is 6.99. The van der Waals surface area contributed by atoms with Crippen LogP contribution in [0.3, 0.4) is 0 Å². The standard InChI is InChI=1S/C15H21Cl2NO2/c1-2-18(12-3-5-13(19)6-4-12)9-10-7-11(16)8-14(17)15(10)20/h7-8,12-13,19-20H,2-6,9H2,1H3/t12-,13-. The topological polar surface area (TPSA) is 43.7 Å². The molecular weight excluding hydrogens is 297 g/mol. The van der Waals surface area contributed by atoms with Gasteiger partial charge in [0.1, 0.15) is 5.75 Å². The van der Waals surface area contributed by atoms with Crippen LogP contribution >= 0.6 is 23.2 Å². The molecule has 0 heterocycles. The summed E-state index contributed by atoms with van der Waals surface area (Å²) < 4.78 is 0. The number of aliphatic hydroxyl groups excluding tert-OH is 1. The first-order chi connectivity index (χ1) is 9.51. The Balaban J connectivity index is 2.10. The Bertz CT molecular complexity index is 459. The molecule has 1 aromatic carbocycles. The van der Waals surface area contributed by atoms with E-state index in [0.717, 1.165) is 37.8 Å². The maximum atomic E-state index is 10.0. The average Bonchev–Trinajstić information content (AvgIpc) is 2.42. The highest BCUT2D eigenvalue weighted by Crippen LogP contribution is 2.33. The van der Waals surface area contributed by atoms with E-state index in [-0.39, 0.29) is 11.9 Å². The summed E-state index contributed by atoms with van der Waals surface area (Å²) in [6.07, 6.45) is 3.53. The van der Waals surface area contributed by atoms with Gasteiger partial charge in [0.05, 0.1) is 11.1 Å². The fraction of sp³-hybridized carbons (Fsp3) is 0.600. The third-order valence-corrected chi connectivity index (χ3v) is 4.58. The summed E-state index contributed by atoms with van der Waals surface area (Å²) in [6, 6.07) is 3.76. The lowest BCUT2D eigenvalue weighted by Gasteiger charge is -2.35. The molecule has 0 aliphatic heterocycles. The van der Waals surface area contributed by atoms with Gasteiger partial charge in [0.25, 0.3) is 0 Å². The Morgan fingerprint density at radius 3 is 2.45 bits per heavy atom. The predicted octanol–water partition coefficient (Wildman–Crippen LogP) is 3.82. The van der Waals surface area contributed by atoms with E-state index >= 15 is 0 Å². The van der Waals surface area contributed by atoms with Crippen molar-refractivity contribution >= 4 is 23.2 Å². The first kappa shape index (κ1) is 15.9. The number of hydrogen-bond acceptors (Lipinski definition) is 3. The summed E-state index contributed by atoms with van der Waals surface area (Å²) in [6.45, 7) is 3.63. The van der Waals surface area contributed by atoms with E-state index < -0.39 is 0 Å². The van der Waals surface area contributed by atoms with E-state index in [0.29, 0.717) is 22.6 Å². The highest BCUT2D eigenvalue weighted by atomic mass is 35.5. The van der Waals surface area contributed by atoms with Crippen molar-refractivity contribution in [1.82, 2.24) is 4.90 Å². The lowest BCUT2D eigenvalue weighted by atomic mass is 9.91. The van der Waals surface area contributed by atoms with Gasteiger partial charge in [-0.05, 0) is 44.4 Å². The number of halogens is 2. The van der Waals surface area contributed by atoms with Gasteiger partial charge in [0, 0.05) is 23.2 Å². The van der Waals surface area contributed by atoms with Gasteiger partial charge >= 0.3 is 0 Å². The summed E-state index contributed by atoms with van der Waals surface area (Å²) in [4.78, 5) is 2.31. The maximum absolute atomic E-state index is 10.0. The van der Waals surface area contributed by atoms with Crippen LogP contribution in [-0.4, -0.2) is 33.8 Å². The first-order valence-corrected chi connectivity index (χ1v) is 7.85. The van der Waals surface area contributed by atoms with Crippen molar-refractivity contribution in [3.8, 4) is 5.75 Å². The van der Waals surface area contributed by atoms with Gasteiger partial charge in [-0.25, -0.2) is 0 Å². The van der Waals surface area contributed by atoms with Crippen LogP contribution in [0.15, 0.2) is 12.1 Å². The second-order valence-electron chi connectivity index (χ2n) is 5.42. The zero-order chi connectivity index (χ0) is 14.7. The van der Waals surface area contributed by atoms with E-state index in [4.69, 9.17) is 23.2 Å². The Labute approximate surface area is 130 Å². The predicted molar refractivity (Wildman–Crippen MR) is 82.5 cm³/mol. The molecule has 1 saturated carbocycles. The molecule has 1 aromatic rings. The number of benzene rings is 1. The summed E-state index contributed by atoms with van der Waals surface area (Å²) in [5, 5.41) is 20.5. The van der Waals surface area contributed by atoms with Gasteiger partial charge in [-0.2, -0.15) is 0 Å². The number of aromatic hydroxyl groups is 1. The Morgan fingerprint density at radius 1 is 1.20 bits per heavy atom. The summed E-state index contributed by atoms with van der Waals surface area (Å²) in [5.74, 6) is 0.116. The van der Waals surface area contributed by atoms with Crippen molar-refractivity contribution in [3.63, 3.8) is 0 Å². The summed E-state index contributed by atoms with van der Waals surface area (Å²) >= 11 is 12.0. The largest absolute Gasteiger partial charge is 0.506 e. The molecule has 0 amide bonds. The molecule has 1 fully saturated rings. The molecule has 1 aliphatic carbocycles. The molecule has 0 radical (unpaired) electrons. The summed E-state index contributed by atoms with van der Waals surface area (Å²) in [5.41, 5.74) is 0.760. The third-order valence-electron chi connectivity index (χ3n) is 4.07. The van der Waals surface area contributed by atoms with E-state index in [1.54, 1.807) is 12.1 Å². The molecule has 0 bridgehead atoms. The minimum Gasteiger partial charge on any atom is -0.506 e. The number of phenols is 1. The number of rotatable bonds is 4. The molecule has 0 spiro atoms. The number of aliphatic hydroxyl groups is 1. The Kier molecular flexibility index (Phi) is 5.56. The van der Waals surface area contributed by atoms with Crippen molar-refractivity contribution in [2.45, 2.75) is 51.3 Å². The molecule has 112 valence electrons. The molecule has 0 aromatic heterocycles. The van der Waals surface area contributed by atoms with E-state index in [9.17, 15) is 10.2 Å². The van der Waals surface area contributed by atoms with E-state index in [1.165, 1.54) is 0 Å². The van der Waals surface area contributed by atoms with Crippen molar-refractivity contribution in [2.75, 3.05) is 6.54 Å². The minimum absolute atomic E-state index is 0.116. The van der Waals surface area contributed by atoms with Crippen LogP contribution in [-0.2, 0) is 6.54 Å². The monoisotopic (exact) mass is 317 g/mol. The number of phenolic OH excluding ortho intramolecular Hbond substituents is 1. The maximum Gasteiger partial charge on any atom is 0.138 e. The average molecular weight is 318 g/mol. The Hall–Kier alpha value is -0.480. The number of hydrogen-bond donors (Lipinski definition) is 2. The Morgan fingerprint density at radius 2 is 1.85 bits per heavy atom. The quantitative estimate of drug-likeness (QED) is 0.887. The zero-order valence-corrected chi connectivity index (χ0v) is 13.2. The van der Waals surface area contributed by atoms with Gasteiger partial charge in [0.15, 0.2) is 0 Å². The molecule has 20 heavy (non-hydrogen) atoms. The van der Waals surface area contributed by atoms with Gasteiger partial charge < -0.3 is 10.2 Å². The van der Waals surface area contributed by atoms with Crippen LogP contribution in [0.25, 0.3) is 0 Å². The zero-order valence-electron chi connectivity index (χ0n) is 11.6. The molecule has 3 nitrogen and oxygen atoms in total. The SMILES string of the molecule is CCN(Cc1cc(Cl)cc(Cl)c1O)[C@H]1CC[C@H](O)CC1. The third kappa shape index (κ3) is 3.79. The second-order valence-corrected chi connectivity index (χ2v) is 6.26. The fourth-order valence-corrected chi connectivity index (χ4v) is 3.42. The van der Waals surface area contributed by atoms with Crippen LogP contribution in [0.4, 0.5) is 0 Å². The minimum atomic E-state index is -0.154. The molecular formula is C15H21Cl2NO2. The molecule has 1 aliphatic rings. The highest BCUT2D eigenvalue weighted by Gasteiger charge is 2.24. The van der Waals surface area contributed by atoms with Crippen LogP contribution in [0.5, 0.6) is 5.75 Å². The van der Waals surface area contributed by atoms with Crippen molar-refractivity contribution in [3.05, 3.63) is 27.7 Å². The molecule has 5 heteroatoms. The lowest BCUT2D eigenvalue weighted by Crippen LogP contribution is -2.38. The van der Waals surface area contributed by atoms with Crippen LogP contribution in [0.2, 0.25) is 10.0 Å². The molecule has 0 unspecified atom stereocenters. The number of nitrogens with zero attached hydrogens (tertiary/aromatic N) is 1. The van der Waals surface area contributed by atoms with Crippen LogP contribution in [0.1, 0.15) is 38.2 Å². The molecule has 0 atom stereocenters. The normalized spacial score (nSPS) is 23.2. The fourth-order valence-electron chi connectivity index (χ4n) is 2.88. The first-order valence-electron chi connectivity index (χ1n) is 7.10. The van der Waals surface area contributed by atoms with Crippen molar-refractivity contribution in [2.24, 2.45) is 0 Å². The smallest absolute Gasteiger partial charge is 0.138 e. The van der Waals surface area contributed by atoms with Crippen molar-refractivity contribution < 1.29 is 10.2 Å². The van der Waals surface area contributed by atoms with Crippen LogP contribution in [0, 0.1) is 0 Å². The highest BCUT2D eigenvalue weighted by molar-refractivity contribution is 6.35. The summed E-state index contributed by atoms with van der Waals surface area (Å²) in [7, 11) is 0. The van der Waals surface area contributed by atoms with Crippen molar-refractivity contribution in [1.29, 1.82) is 0 Å².